The number of hydrogen-bond donors (Lipinski definition) is 1. The molecule has 29 heavy (non-hydrogen) atoms. The Morgan fingerprint density at radius 3 is 2.34 bits per heavy atom. The van der Waals surface area contributed by atoms with Gasteiger partial charge in [0.2, 0.25) is 0 Å². The number of sulfone groups is 1. The lowest BCUT2D eigenvalue weighted by Gasteiger charge is -2.23. The maximum atomic E-state index is 12.6. The van der Waals surface area contributed by atoms with Crippen LogP contribution in [0.5, 0.6) is 6.01 Å². The Kier molecular flexibility index (Phi) is 5.19. The number of aromatic nitrogens is 2. The monoisotopic (exact) mass is 411 g/mol. The summed E-state index contributed by atoms with van der Waals surface area (Å²) in [5.74, 6) is 0.0879. The van der Waals surface area contributed by atoms with Crippen molar-refractivity contribution in [2.45, 2.75) is 18.9 Å². The van der Waals surface area contributed by atoms with Gasteiger partial charge in [-0.3, -0.25) is 4.79 Å². The van der Waals surface area contributed by atoms with E-state index >= 15 is 0 Å². The van der Waals surface area contributed by atoms with Crippen LogP contribution >= 0.6 is 0 Å². The molecule has 0 saturated carbocycles. The molecule has 2 heterocycles. The third kappa shape index (κ3) is 4.37. The fourth-order valence-corrected chi connectivity index (χ4v) is 4.93. The minimum Gasteiger partial charge on any atom is -0.467 e. The molecule has 8 heteroatoms. The lowest BCUT2D eigenvalue weighted by molar-refractivity contribution is 0.0934. The zero-order valence-electron chi connectivity index (χ0n) is 16.0. The predicted molar refractivity (Wildman–Crippen MR) is 111 cm³/mol. The minimum atomic E-state index is -2.94. The van der Waals surface area contributed by atoms with Crippen molar-refractivity contribution < 1.29 is 17.9 Å². The summed E-state index contributed by atoms with van der Waals surface area (Å²) in [6.45, 7) is 0. The number of nitrogens with one attached hydrogen (secondary N) is 1. The Bertz CT molecular complexity index is 1150. The van der Waals surface area contributed by atoms with Crippen LogP contribution in [0.1, 0.15) is 23.2 Å². The van der Waals surface area contributed by atoms with E-state index in [0.717, 1.165) is 21.9 Å². The first-order valence-corrected chi connectivity index (χ1v) is 11.2. The second-order valence-corrected chi connectivity index (χ2v) is 9.44. The van der Waals surface area contributed by atoms with Crippen LogP contribution in [0.2, 0.25) is 0 Å². The van der Waals surface area contributed by atoms with E-state index in [9.17, 15) is 13.2 Å². The third-order valence-corrected chi connectivity index (χ3v) is 6.85. The molecule has 2 aromatic carbocycles. The topological polar surface area (TPSA) is 98.2 Å². The van der Waals surface area contributed by atoms with Gasteiger partial charge in [-0.2, -0.15) is 0 Å². The van der Waals surface area contributed by atoms with Crippen LogP contribution in [0, 0.1) is 0 Å². The molecule has 3 aromatic rings. The fraction of sp³-hybridized carbons (Fsp3) is 0.286. The second kappa shape index (κ2) is 7.79. The van der Waals surface area contributed by atoms with Crippen LogP contribution < -0.4 is 10.1 Å². The van der Waals surface area contributed by atoms with Gasteiger partial charge in [0.15, 0.2) is 0 Å². The Morgan fingerprint density at radius 2 is 1.66 bits per heavy atom. The largest absolute Gasteiger partial charge is 0.467 e. The van der Waals surface area contributed by atoms with E-state index in [4.69, 9.17) is 4.74 Å². The average molecular weight is 411 g/mol. The molecule has 4 rings (SSSR count). The highest BCUT2D eigenvalue weighted by Crippen LogP contribution is 2.25. The smallest absolute Gasteiger partial charge is 0.316 e. The summed E-state index contributed by atoms with van der Waals surface area (Å²) in [5.41, 5.74) is 2.41. The van der Waals surface area contributed by atoms with Gasteiger partial charge in [0.25, 0.3) is 5.91 Å². The molecule has 0 aliphatic carbocycles. The van der Waals surface area contributed by atoms with Gasteiger partial charge in [-0.05, 0) is 47.4 Å². The van der Waals surface area contributed by atoms with Crippen LogP contribution in [0.3, 0.4) is 0 Å². The van der Waals surface area contributed by atoms with Crippen LogP contribution in [0.25, 0.3) is 21.9 Å². The maximum absolute atomic E-state index is 12.6. The van der Waals surface area contributed by atoms with Gasteiger partial charge >= 0.3 is 6.01 Å². The zero-order chi connectivity index (χ0) is 20.4. The van der Waals surface area contributed by atoms with Crippen molar-refractivity contribution in [3.63, 3.8) is 0 Å². The highest BCUT2D eigenvalue weighted by Gasteiger charge is 2.25. The number of carbonyl (C=O) groups is 1. The minimum absolute atomic E-state index is 0.0980. The van der Waals surface area contributed by atoms with E-state index in [0.29, 0.717) is 24.4 Å². The quantitative estimate of drug-likeness (QED) is 0.709. The number of methoxy groups -OCH3 is 1. The van der Waals surface area contributed by atoms with Crippen molar-refractivity contribution in [2.75, 3.05) is 18.6 Å². The Labute approximate surface area is 169 Å². The maximum Gasteiger partial charge on any atom is 0.316 e. The van der Waals surface area contributed by atoms with Crippen molar-refractivity contribution in [2.24, 2.45) is 0 Å². The van der Waals surface area contributed by atoms with E-state index in [1.807, 2.05) is 30.3 Å². The molecule has 1 amide bonds. The summed E-state index contributed by atoms with van der Waals surface area (Å²) < 4.78 is 28.1. The molecule has 150 valence electrons. The molecule has 1 aromatic heterocycles. The second-order valence-electron chi connectivity index (χ2n) is 7.13. The molecule has 0 radical (unpaired) electrons. The molecule has 1 N–H and O–H groups in total. The van der Waals surface area contributed by atoms with E-state index in [1.54, 1.807) is 18.5 Å². The Hall–Kier alpha value is -3.00. The number of fused-ring (bicyclic) bond motifs is 1. The summed E-state index contributed by atoms with van der Waals surface area (Å²) in [7, 11) is -1.42. The van der Waals surface area contributed by atoms with E-state index in [1.165, 1.54) is 7.11 Å². The van der Waals surface area contributed by atoms with Gasteiger partial charge in [-0.15, -0.1) is 0 Å². The molecule has 1 aliphatic heterocycles. The number of ether oxygens (including phenoxy) is 1. The fourth-order valence-electron chi connectivity index (χ4n) is 3.44. The molecule has 1 fully saturated rings. The van der Waals surface area contributed by atoms with Crippen LogP contribution in [-0.2, 0) is 9.84 Å². The van der Waals surface area contributed by atoms with Crippen LogP contribution in [0.15, 0.2) is 48.8 Å². The summed E-state index contributed by atoms with van der Waals surface area (Å²) in [6.07, 6.45) is 4.35. The van der Waals surface area contributed by atoms with Gasteiger partial charge in [-0.1, -0.05) is 18.2 Å². The Balaban J connectivity index is 1.51. The summed E-state index contributed by atoms with van der Waals surface area (Å²) in [6, 6.07) is 11.7. The van der Waals surface area contributed by atoms with Crippen molar-refractivity contribution in [1.82, 2.24) is 15.3 Å². The zero-order valence-corrected chi connectivity index (χ0v) is 16.8. The van der Waals surface area contributed by atoms with Crippen molar-refractivity contribution in [3.05, 3.63) is 54.4 Å². The van der Waals surface area contributed by atoms with Gasteiger partial charge in [0, 0.05) is 29.6 Å². The number of nitrogens with zero attached hydrogens (tertiary/aromatic N) is 2. The highest BCUT2D eigenvalue weighted by molar-refractivity contribution is 7.91. The standard InChI is InChI=1S/C21H21N3O4S/c1-28-21-22-12-18(13-23-21)16-3-2-15-11-17(5-4-14(15)10-16)20(25)24-19-6-8-29(26,27)9-7-19/h2-5,10-13,19H,6-9H2,1H3,(H,24,25). The molecular formula is C21H21N3O4S. The summed E-state index contributed by atoms with van der Waals surface area (Å²) in [4.78, 5) is 20.8. The number of rotatable bonds is 4. The van der Waals surface area contributed by atoms with Crippen molar-refractivity contribution in [3.8, 4) is 17.1 Å². The molecule has 7 nitrogen and oxygen atoms in total. The third-order valence-electron chi connectivity index (χ3n) is 5.14. The molecular weight excluding hydrogens is 390 g/mol. The first-order chi connectivity index (χ1) is 13.9. The van der Waals surface area contributed by atoms with Crippen LogP contribution in [0.4, 0.5) is 0 Å². The average Bonchev–Trinajstić information content (AvgIpc) is 2.74. The number of carbonyl (C=O) groups excluding carboxylic acids is 1. The number of amides is 1. The van der Waals surface area contributed by atoms with Gasteiger partial charge in [-0.25, -0.2) is 18.4 Å². The molecule has 1 saturated heterocycles. The van der Waals surface area contributed by atoms with Gasteiger partial charge in [0.1, 0.15) is 9.84 Å². The predicted octanol–water partition coefficient (Wildman–Crippen LogP) is 2.61. The lowest BCUT2D eigenvalue weighted by atomic mass is 10.0. The molecule has 0 atom stereocenters. The van der Waals surface area contributed by atoms with E-state index < -0.39 is 9.84 Å². The van der Waals surface area contributed by atoms with Crippen LogP contribution in [-0.4, -0.2) is 49.0 Å². The molecule has 0 spiro atoms. The van der Waals surface area contributed by atoms with Crippen molar-refractivity contribution >= 4 is 26.5 Å². The van der Waals surface area contributed by atoms with Crippen molar-refractivity contribution in [1.29, 1.82) is 0 Å². The van der Waals surface area contributed by atoms with Gasteiger partial charge < -0.3 is 10.1 Å². The summed E-state index contributed by atoms with van der Waals surface area (Å²) >= 11 is 0. The number of benzene rings is 2. The van der Waals surface area contributed by atoms with Gasteiger partial charge in [0.05, 0.1) is 18.6 Å². The first-order valence-electron chi connectivity index (χ1n) is 9.35. The number of hydrogen-bond acceptors (Lipinski definition) is 6. The van der Waals surface area contributed by atoms with E-state index in [2.05, 4.69) is 15.3 Å². The lowest BCUT2D eigenvalue weighted by Crippen LogP contribution is -2.40. The summed E-state index contributed by atoms with van der Waals surface area (Å²) in [5, 5.41) is 4.90. The SMILES string of the molecule is COc1ncc(-c2ccc3cc(C(=O)NC4CCS(=O)(=O)CC4)ccc3c2)cn1. The normalized spacial score (nSPS) is 16.4. The molecule has 0 unspecified atom stereocenters. The molecule has 0 bridgehead atoms. The molecule has 1 aliphatic rings. The first kappa shape index (κ1) is 19.3. The highest BCUT2D eigenvalue weighted by atomic mass is 32.2. The van der Waals surface area contributed by atoms with E-state index in [-0.39, 0.29) is 23.5 Å². The Morgan fingerprint density at radius 1 is 1.00 bits per heavy atom.